The van der Waals surface area contributed by atoms with Crippen molar-refractivity contribution in [1.29, 1.82) is 0 Å². The molecule has 0 heterocycles. The number of ether oxygens (including phenoxy) is 2. The second kappa shape index (κ2) is 9.78. The van der Waals surface area contributed by atoms with Gasteiger partial charge in [-0.3, -0.25) is 20.4 Å². The van der Waals surface area contributed by atoms with Crippen LogP contribution >= 0.6 is 0 Å². The molecule has 2 amide bonds. The maximum absolute atomic E-state index is 12.4. The Hall–Kier alpha value is -3.54. The van der Waals surface area contributed by atoms with Crippen LogP contribution in [0.15, 0.2) is 66.7 Å². The molecule has 0 radical (unpaired) electrons. The van der Waals surface area contributed by atoms with Crippen LogP contribution in [0.4, 0.5) is 0 Å². The number of fused-ring (bicyclic) bond motifs is 1. The highest BCUT2D eigenvalue weighted by molar-refractivity contribution is 5.87. The highest BCUT2D eigenvalue weighted by Crippen LogP contribution is 2.21. The van der Waals surface area contributed by atoms with Crippen molar-refractivity contribution in [3.8, 4) is 11.5 Å². The maximum Gasteiger partial charge on any atom is 0.279 e. The van der Waals surface area contributed by atoms with Gasteiger partial charge in [0.1, 0.15) is 11.5 Å². The third-order valence-electron chi connectivity index (χ3n) is 4.74. The summed E-state index contributed by atoms with van der Waals surface area (Å²) >= 11 is 0. The van der Waals surface area contributed by atoms with Crippen LogP contribution in [-0.2, 0) is 9.59 Å². The second-order valence-electron chi connectivity index (χ2n) is 7.03. The van der Waals surface area contributed by atoms with Crippen molar-refractivity contribution in [2.45, 2.75) is 39.4 Å². The van der Waals surface area contributed by atoms with E-state index in [0.29, 0.717) is 17.9 Å². The van der Waals surface area contributed by atoms with E-state index in [1.807, 2.05) is 80.6 Å². The summed E-state index contributed by atoms with van der Waals surface area (Å²) < 4.78 is 11.5. The van der Waals surface area contributed by atoms with Gasteiger partial charge in [0.15, 0.2) is 12.2 Å². The number of para-hydroxylation sites is 1. The molecule has 6 heteroatoms. The van der Waals surface area contributed by atoms with Crippen LogP contribution in [0.25, 0.3) is 10.8 Å². The molecule has 2 N–H and O–H groups in total. The Labute approximate surface area is 176 Å². The molecular weight excluding hydrogens is 380 g/mol. The number of hydrogen-bond acceptors (Lipinski definition) is 4. The van der Waals surface area contributed by atoms with Crippen molar-refractivity contribution >= 4 is 22.6 Å². The lowest BCUT2D eigenvalue weighted by molar-refractivity contribution is -0.135. The van der Waals surface area contributed by atoms with Crippen molar-refractivity contribution < 1.29 is 19.1 Å². The molecule has 0 aliphatic carbocycles. The molecule has 0 aliphatic rings. The molecule has 0 unspecified atom stereocenters. The fraction of sp³-hybridized carbons (Fsp3) is 0.250. The zero-order valence-electron chi connectivity index (χ0n) is 17.3. The summed E-state index contributed by atoms with van der Waals surface area (Å²) in [6.07, 6.45) is -1.05. The van der Waals surface area contributed by atoms with Gasteiger partial charge in [-0.1, -0.05) is 55.5 Å². The van der Waals surface area contributed by atoms with Crippen LogP contribution < -0.4 is 20.3 Å². The smallest absolute Gasteiger partial charge is 0.279 e. The summed E-state index contributed by atoms with van der Waals surface area (Å²) in [5.74, 6) is 0.338. The third-order valence-corrected chi connectivity index (χ3v) is 4.74. The number of aryl methyl sites for hydroxylation is 1. The van der Waals surface area contributed by atoms with Gasteiger partial charge < -0.3 is 9.47 Å². The summed E-state index contributed by atoms with van der Waals surface area (Å²) in [4.78, 5) is 24.8. The minimum Gasteiger partial charge on any atom is -0.481 e. The predicted molar refractivity (Wildman–Crippen MR) is 116 cm³/mol. The molecule has 0 saturated heterocycles. The monoisotopic (exact) mass is 406 g/mol. The van der Waals surface area contributed by atoms with Gasteiger partial charge in [-0.05, 0) is 54.8 Å². The van der Waals surface area contributed by atoms with E-state index in [0.717, 1.165) is 16.3 Å². The standard InChI is InChI=1S/C24H26N2O4/c1-4-21(30-22-12-8-5-9-16(22)2)24(28)26-25-23(27)17(3)29-20-14-13-18-10-6-7-11-19(18)15-20/h5-15,17,21H,4H2,1-3H3,(H,25,27)(H,26,28)/t17-,21-/m0/s1. The molecule has 3 aromatic rings. The first kappa shape index (κ1) is 21.2. The van der Waals surface area contributed by atoms with E-state index in [-0.39, 0.29) is 0 Å². The zero-order valence-corrected chi connectivity index (χ0v) is 17.3. The molecule has 0 saturated carbocycles. The lowest BCUT2D eigenvalue weighted by atomic mass is 10.1. The Balaban J connectivity index is 1.53. The van der Waals surface area contributed by atoms with Crippen molar-refractivity contribution in [2.75, 3.05) is 0 Å². The summed E-state index contributed by atoms with van der Waals surface area (Å²) in [5, 5.41) is 2.11. The van der Waals surface area contributed by atoms with Gasteiger partial charge in [-0.2, -0.15) is 0 Å². The largest absolute Gasteiger partial charge is 0.481 e. The van der Waals surface area contributed by atoms with Gasteiger partial charge in [0.25, 0.3) is 11.8 Å². The van der Waals surface area contributed by atoms with Gasteiger partial charge in [0, 0.05) is 0 Å². The van der Waals surface area contributed by atoms with Gasteiger partial charge in [0.2, 0.25) is 0 Å². The highest BCUT2D eigenvalue weighted by Gasteiger charge is 2.21. The van der Waals surface area contributed by atoms with E-state index in [9.17, 15) is 9.59 Å². The Kier molecular flexibility index (Phi) is 6.91. The predicted octanol–water partition coefficient (Wildman–Crippen LogP) is 3.92. The topological polar surface area (TPSA) is 76.7 Å². The van der Waals surface area contributed by atoms with E-state index in [1.165, 1.54) is 0 Å². The normalized spacial score (nSPS) is 12.6. The van der Waals surface area contributed by atoms with Crippen LogP contribution in [0.5, 0.6) is 11.5 Å². The lowest BCUT2D eigenvalue weighted by Crippen LogP contribution is -2.51. The van der Waals surface area contributed by atoms with E-state index < -0.39 is 24.0 Å². The molecule has 0 fully saturated rings. The first-order valence-corrected chi connectivity index (χ1v) is 9.95. The number of hydrazine groups is 1. The van der Waals surface area contributed by atoms with Gasteiger partial charge in [-0.15, -0.1) is 0 Å². The first-order chi connectivity index (χ1) is 14.5. The van der Waals surface area contributed by atoms with Crippen molar-refractivity contribution in [2.24, 2.45) is 0 Å². The average Bonchev–Trinajstić information content (AvgIpc) is 2.76. The van der Waals surface area contributed by atoms with Gasteiger partial charge in [0.05, 0.1) is 0 Å². The SMILES string of the molecule is CC[C@H](Oc1ccccc1C)C(=O)NNC(=O)[C@H](C)Oc1ccc2ccccc2c1. The minimum atomic E-state index is -0.788. The summed E-state index contributed by atoms with van der Waals surface area (Å²) in [6.45, 7) is 5.38. The second-order valence-corrected chi connectivity index (χ2v) is 7.03. The molecule has 0 aromatic heterocycles. The van der Waals surface area contributed by atoms with Crippen molar-refractivity contribution in [3.05, 3.63) is 72.3 Å². The van der Waals surface area contributed by atoms with Crippen LogP contribution in [0.3, 0.4) is 0 Å². The lowest BCUT2D eigenvalue weighted by Gasteiger charge is -2.20. The van der Waals surface area contributed by atoms with E-state index in [4.69, 9.17) is 9.47 Å². The molecule has 0 aliphatic heterocycles. The molecule has 0 bridgehead atoms. The van der Waals surface area contributed by atoms with Crippen LogP contribution in [-0.4, -0.2) is 24.0 Å². The zero-order chi connectivity index (χ0) is 21.5. The molecule has 3 aromatic carbocycles. The Morgan fingerprint density at radius 2 is 1.53 bits per heavy atom. The molecule has 6 nitrogen and oxygen atoms in total. The van der Waals surface area contributed by atoms with Crippen LogP contribution in [0.2, 0.25) is 0 Å². The fourth-order valence-corrected chi connectivity index (χ4v) is 2.97. The van der Waals surface area contributed by atoms with Crippen molar-refractivity contribution in [1.82, 2.24) is 10.9 Å². The molecule has 0 spiro atoms. The number of rotatable bonds is 7. The summed E-state index contributed by atoms with van der Waals surface area (Å²) in [7, 11) is 0. The fourth-order valence-electron chi connectivity index (χ4n) is 2.97. The van der Waals surface area contributed by atoms with Gasteiger partial charge in [-0.25, -0.2) is 0 Å². The molecular formula is C24H26N2O4. The minimum absolute atomic E-state index is 0.424. The number of amides is 2. The van der Waals surface area contributed by atoms with Gasteiger partial charge >= 0.3 is 0 Å². The van der Waals surface area contributed by atoms with Crippen LogP contribution in [0, 0.1) is 6.92 Å². The number of nitrogens with one attached hydrogen (secondary N) is 2. The molecule has 3 rings (SSSR count). The number of benzene rings is 3. The molecule has 156 valence electrons. The average molecular weight is 406 g/mol. The summed E-state index contributed by atoms with van der Waals surface area (Å²) in [5.41, 5.74) is 5.77. The Morgan fingerprint density at radius 1 is 0.867 bits per heavy atom. The number of hydrogen-bond donors (Lipinski definition) is 2. The summed E-state index contributed by atoms with van der Waals surface area (Å²) in [6, 6.07) is 21.0. The Morgan fingerprint density at radius 3 is 2.27 bits per heavy atom. The van der Waals surface area contributed by atoms with E-state index in [1.54, 1.807) is 6.92 Å². The van der Waals surface area contributed by atoms with Crippen LogP contribution in [0.1, 0.15) is 25.8 Å². The number of carbonyl (C=O) groups excluding carboxylic acids is 2. The Bertz CT molecular complexity index is 1030. The highest BCUT2D eigenvalue weighted by atomic mass is 16.5. The van der Waals surface area contributed by atoms with E-state index >= 15 is 0 Å². The quantitative estimate of drug-likeness (QED) is 0.583. The number of carbonyl (C=O) groups is 2. The molecule has 2 atom stereocenters. The maximum atomic E-state index is 12.4. The first-order valence-electron chi connectivity index (χ1n) is 9.95. The van der Waals surface area contributed by atoms with E-state index in [2.05, 4.69) is 10.9 Å². The molecule has 30 heavy (non-hydrogen) atoms. The van der Waals surface area contributed by atoms with Crippen molar-refractivity contribution in [3.63, 3.8) is 0 Å². The third kappa shape index (κ3) is 5.29.